The number of carbonyl (C=O) groups excluding carboxylic acids is 1. The third-order valence-corrected chi connectivity index (χ3v) is 6.09. The Bertz CT molecular complexity index is 1430. The largest absolute Gasteiger partial charge is 0.439 e. The van der Waals surface area contributed by atoms with Gasteiger partial charge in [0.05, 0.1) is 22.8 Å². The van der Waals surface area contributed by atoms with Gasteiger partial charge in [-0.1, -0.05) is 6.58 Å². The smallest absolute Gasteiger partial charge is 0.245 e. The summed E-state index contributed by atoms with van der Waals surface area (Å²) in [7, 11) is 0. The van der Waals surface area contributed by atoms with E-state index in [0.717, 1.165) is 28.8 Å². The van der Waals surface area contributed by atoms with Crippen LogP contribution in [0.2, 0.25) is 0 Å². The maximum absolute atomic E-state index is 12.1. The number of nitriles is 1. The highest BCUT2D eigenvalue weighted by Crippen LogP contribution is 2.37. The Balaban J connectivity index is 1.47. The summed E-state index contributed by atoms with van der Waals surface area (Å²) in [5.74, 6) is 1.52. The molecular formula is C26H22N6O2. The molecule has 1 fully saturated rings. The van der Waals surface area contributed by atoms with Crippen molar-refractivity contribution in [3.63, 3.8) is 0 Å². The number of nitrogens with two attached hydrogens (primary N) is 1. The van der Waals surface area contributed by atoms with Gasteiger partial charge in [-0.2, -0.15) is 5.26 Å². The Morgan fingerprint density at radius 3 is 2.74 bits per heavy atom. The fourth-order valence-electron chi connectivity index (χ4n) is 4.44. The summed E-state index contributed by atoms with van der Waals surface area (Å²) in [5, 5.41) is 9.06. The van der Waals surface area contributed by atoms with Crippen LogP contribution in [0.3, 0.4) is 0 Å². The molecule has 1 unspecified atom stereocenters. The Morgan fingerprint density at radius 2 is 1.97 bits per heavy atom. The number of pyridine rings is 1. The van der Waals surface area contributed by atoms with Crippen molar-refractivity contribution in [2.45, 2.75) is 12.3 Å². The van der Waals surface area contributed by atoms with Gasteiger partial charge in [0.25, 0.3) is 0 Å². The average molecular weight is 451 g/mol. The fraction of sp³-hybridized carbons (Fsp3) is 0.154. The van der Waals surface area contributed by atoms with Gasteiger partial charge < -0.3 is 15.4 Å². The van der Waals surface area contributed by atoms with Gasteiger partial charge >= 0.3 is 0 Å². The van der Waals surface area contributed by atoms with Gasteiger partial charge in [0.1, 0.15) is 5.75 Å². The number of benzene rings is 1. The maximum atomic E-state index is 12.1. The van der Waals surface area contributed by atoms with E-state index < -0.39 is 0 Å². The molecule has 8 nitrogen and oxygen atoms in total. The normalized spacial score (nSPS) is 15.3. The number of amides is 1. The van der Waals surface area contributed by atoms with Crippen molar-refractivity contribution in [2.75, 3.05) is 18.8 Å². The number of fused-ring (bicyclic) bond motifs is 1. The van der Waals surface area contributed by atoms with E-state index in [0.29, 0.717) is 36.2 Å². The molecule has 0 aliphatic carbocycles. The van der Waals surface area contributed by atoms with Gasteiger partial charge in [-0.15, -0.1) is 0 Å². The maximum Gasteiger partial charge on any atom is 0.245 e. The Morgan fingerprint density at radius 1 is 1.18 bits per heavy atom. The van der Waals surface area contributed by atoms with Crippen LogP contribution in [-0.4, -0.2) is 38.3 Å². The van der Waals surface area contributed by atoms with Gasteiger partial charge in [0.2, 0.25) is 17.7 Å². The van der Waals surface area contributed by atoms with Crippen LogP contribution in [0.1, 0.15) is 23.5 Å². The summed E-state index contributed by atoms with van der Waals surface area (Å²) in [4.78, 5) is 22.3. The zero-order chi connectivity index (χ0) is 23.7. The van der Waals surface area contributed by atoms with Crippen LogP contribution in [-0.2, 0) is 4.79 Å². The molecule has 168 valence electrons. The summed E-state index contributed by atoms with van der Waals surface area (Å²) in [6.07, 6.45) is 5.49. The minimum Gasteiger partial charge on any atom is -0.439 e. The second-order valence-electron chi connectivity index (χ2n) is 8.10. The molecule has 1 atom stereocenters. The van der Waals surface area contributed by atoms with E-state index in [4.69, 9.17) is 15.7 Å². The molecule has 5 rings (SSSR count). The van der Waals surface area contributed by atoms with Crippen LogP contribution in [0, 0.1) is 11.3 Å². The zero-order valence-corrected chi connectivity index (χ0v) is 18.4. The van der Waals surface area contributed by atoms with Crippen molar-refractivity contribution in [1.29, 1.82) is 5.26 Å². The lowest BCUT2D eigenvalue weighted by Gasteiger charge is -2.14. The molecule has 0 bridgehead atoms. The molecule has 8 heteroatoms. The van der Waals surface area contributed by atoms with Gasteiger partial charge in [-0.25, -0.2) is 9.97 Å². The molecule has 1 aromatic carbocycles. The summed E-state index contributed by atoms with van der Waals surface area (Å²) >= 11 is 0. The molecule has 4 heterocycles. The second kappa shape index (κ2) is 8.71. The number of nitrogens with zero attached hydrogens (tertiary/aromatic N) is 5. The number of aromatic nitrogens is 3. The van der Waals surface area contributed by atoms with E-state index in [-0.39, 0.29) is 11.8 Å². The van der Waals surface area contributed by atoms with E-state index in [2.05, 4.69) is 28.7 Å². The fourth-order valence-corrected chi connectivity index (χ4v) is 4.44. The molecule has 0 radical (unpaired) electrons. The van der Waals surface area contributed by atoms with E-state index in [1.165, 1.54) is 6.08 Å². The number of hydrogen-bond acceptors (Lipinski definition) is 6. The molecular weight excluding hydrogens is 428 g/mol. The number of nitrogen functional groups attached to an aromatic ring is 1. The van der Waals surface area contributed by atoms with E-state index in [9.17, 15) is 4.79 Å². The third kappa shape index (κ3) is 3.84. The van der Waals surface area contributed by atoms with Crippen molar-refractivity contribution in [2.24, 2.45) is 0 Å². The second-order valence-corrected chi connectivity index (χ2v) is 8.10. The van der Waals surface area contributed by atoms with Gasteiger partial charge in [-0.3, -0.25) is 9.20 Å². The minimum atomic E-state index is -0.0437. The molecule has 34 heavy (non-hydrogen) atoms. The van der Waals surface area contributed by atoms with Gasteiger partial charge in [-0.05, 0) is 66.1 Å². The molecule has 0 spiro atoms. The van der Waals surface area contributed by atoms with Crippen LogP contribution in [0.25, 0.3) is 16.8 Å². The summed E-state index contributed by atoms with van der Waals surface area (Å²) in [6, 6.07) is 17.0. The molecule has 1 aliphatic heterocycles. The molecule has 3 aromatic heterocycles. The first-order chi connectivity index (χ1) is 16.6. The quantitative estimate of drug-likeness (QED) is 0.458. The lowest BCUT2D eigenvalue weighted by molar-refractivity contribution is -0.125. The summed E-state index contributed by atoms with van der Waals surface area (Å²) in [6.45, 7) is 4.95. The standard InChI is InChI=1S/C26H22N6O2/c1-2-25(33)31-12-9-19(16-31)21-14-23(32-22(21)8-11-30-26(32)28)18-3-5-20(6-4-18)34-24-13-17(15-27)7-10-29-24/h2-8,10-11,13-14,19H,1,9,12,16H2,(H2,28,30). The Hall–Kier alpha value is -4.64. The van der Waals surface area contributed by atoms with Crippen molar-refractivity contribution >= 4 is 17.4 Å². The first-order valence-electron chi connectivity index (χ1n) is 10.9. The highest BCUT2D eigenvalue weighted by molar-refractivity contribution is 5.87. The SMILES string of the molecule is C=CC(=O)N1CCC(c2cc(-c3ccc(Oc4cc(C#N)ccn4)cc3)n3c(N)nccc23)C1. The third-order valence-electron chi connectivity index (χ3n) is 6.09. The van der Waals surface area contributed by atoms with Crippen LogP contribution in [0.4, 0.5) is 5.95 Å². The first kappa shape index (κ1) is 21.2. The number of carbonyl (C=O) groups is 1. The highest BCUT2D eigenvalue weighted by atomic mass is 16.5. The molecule has 1 saturated heterocycles. The summed E-state index contributed by atoms with van der Waals surface area (Å²) < 4.78 is 7.75. The minimum absolute atomic E-state index is 0.0437. The molecule has 1 aliphatic rings. The predicted molar refractivity (Wildman–Crippen MR) is 128 cm³/mol. The number of likely N-dealkylation sites (tertiary alicyclic amines) is 1. The van der Waals surface area contributed by atoms with Crippen molar-refractivity contribution in [3.8, 4) is 29.0 Å². The number of anilines is 1. The van der Waals surface area contributed by atoms with E-state index in [1.54, 1.807) is 24.5 Å². The van der Waals surface area contributed by atoms with Gasteiger partial charge in [0, 0.05) is 37.5 Å². The first-order valence-corrected chi connectivity index (χ1v) is 10.9. The van der Waals surface area contributed by atoms with Crippen molar-refractivity contribution < 1.29 is 9.53 Å². The van der Waals surface area contributed by atoms with Crippen LogP contribution in [0.15, 0.2) is 73.6 Å². The predicted octanol–water partition coefficient (Wildman–Crippen LogP) is 4.14. The number of ether oxygens (including phenoxy) is 1. The monoisotopic (exact) mass is 450 g/mol. The molecule has 0 saturated carbocycles. The lowest BCUT2D eigenvalue weighted by Crippen LogP contribution is -2.26. The van der Waals surface area contributed by atoms with Crippen LogP contribution < -0.4 is 10.5 Å². The van der Waals surface area contributed by atoms with E-state index >= 15 is 0 Å². The van der Waals surface area contributed by atoms with Crippen molar-refractivity contribution in [1.82, 2.24) is 19.3 Å². The Kier molecular flexibility index (Phi) is 5.44. The molecule has 4 aromatic rings. The van der Waals surface area contributed by atoms with Crippen molar-refractivity contribution in [3.05, 3.63) is 84.7 Å². The number of rotatable bonds is 5. The highest BCUT2D eigenvalue weighted by Gasteiger charge is 2.29. The topological polar surface area (TPSA) is 110 Å². The van der Waals surface area contributed by atoms with Gasteiger partial charge in [0.15, 0.2) is 0 Å². The summed E-state index contributed by atoms with van der Waals surface area (Å²) in [5.41, 5.74) is 10.8. The average Bonchev–Trinajstić information content (AvgIpc) is 3.50. The van der Waals surface area contributed by atoms with Crippen LogP contribution >= 0.6 is 0 Å². The van der Waals surface area contributed by atoms with E-state index in [1.807, 2.05) is 39.6 Å². The lowest BCUT2D eigenvalue weighted by atomic mass is 9.99. The zero-order valence-electron chi connectivity index (χ0n) is 18.4. The molecule has 2 N–H and O–H groups in total. The number of hydrogen-bond donors (Lipinski definition) is 1. The molecule has 1 amide bonds. The van der Waals surface area contributed by atoms with Crippen LogP contribution in [0.5, 0.6) is 11.6 Å². The Labute approximate surface area is 196 Å².